The van der Waals surface area contributed by atoms with Gasteiger partial charge >= 0.3 is 0 Å². The highest BCUT2D eigenvalue weighted by Crippen LogP contribution is 2.24. The van der Waals surface area contributed by atoms with Gasteiger partial charge in [-0.15, -0.1) is 0 Å². The molecule has 0 saturated heterocycles. The van der Waals surface area contributed by atoms with Crippen LogP contribution in [0.2, 0.25) is 10.0 Å². The Morgan fingerprint density at radius 2 is 1.90 bits per heavy atom. The van der Waals surface area contributed by atoms with Gasteiger partial charge in [0.15, 0.2) is 0 Å². The summed E-state index contributed by atoms with van der Waals surface area (Å²) in [7, 11) is -3.68. The largest absolute Gasteiger partial charge is 0.354 e. The van der Waals surface area contributed by atoms with Gasteiger partial charge in [-0.2, -0.15) is 16.1 Å². The summed E-state index contributed by atoms with van der Waals surface area (Å²) in [5.41, 5.74) is 1.23. The summed E-state index contributed by atoms with van der Waals surface area (Å²) in [5.74, 6) is 0.385. The molecule has 0 aliphatic rings. The molecule has 10 heteroatoms. The van der Waals surface area contributed by atoms with Gasteiger partial charge in [0.25, 0.3) is 0 Å². The van der Waals surface area contributed by atoms with Crippen LogP contribution in [0.1, 0.15) is 11.1 Å². The second kappa shape index (κ2) is 11.2. The molecule has 2 aromatic carbocycles. The highest BCUT2D eigenvalue weighted by atomic mass is 35.5. The first kappa shape index (κ1) is 24.0. The van der Waals surface area contributed by atoms with Gasteiger partial charge in [-0.05, 0) is 23.8 Å². The van der Waals surface area contributed by atoms with Crippen molar-refractivity contribution in [3.05, 3.63) is 69.5 Å². The first-order chi connectivity index (χ1) is 13.7. The molecule has 2 aromatic rings. The molecule has 0 radical (unpaired) electrons. The van der Waals surface area contributed by atoms with Crippen LogP contribution in [0.4, 0.5) is 4.39 Å². The predicted octanol–water partition coefficient (Wildman–Crippen LogP) is 3.94. The minimum Gasteiger partial charge on any atom is -0.354 e. The summed E-state index contributed by atoms with van der Waals surface area (Å²) in [5, 5.41) is 3.68. The summed E-state index contributed by atoms with van der Waals surface area (Å²) < 4.78 is 38.7. The number of halogens is 3. The number of thioether (sulfide) groups is 1. The van der Waals surface area contributed by atoms with Crippen molar-refractivity contribution in [2.75, 3.05) is 25.1 Å². The first-order valence-corrected chi connectivity index (χ1v) is 12.4. The van der Waals surface area contributed by atoms with Gasteiger partial charge in [0, 0.05) is 30.2 Å². The maximum atomic E-state index is 13.8. The van der Waals surface area contributed by atoms with Crippen molar-refractivity contribution in [1.82, 2.24) is 9.62 Å². The van der Waals surface area contributed by atoms with Gasteiger partial charge in [0.1, 0.15) is 5.82 Å². The van der Waals surface area contributed by atoms with Crippen molar-refractivity contribution in [3.8, 4) is 0 Å². The number of hydrogen-bond acceptors (Lipinski definition) is 4. The zero-order valence-electron chi connectivity index (χ0n) is 15.7. The van der Waals surface area contributed by atoms with Gasteiger partial charge in [-0.25, -0.2) is 12.8 Å². The first-order valence-electron chi connectivity index (χ1n) is 8.63. The molecule has 0 unspecified atom stereocenters. The van der Waals surface area contributed by atoms with Crippen LogP contribution in [0.5, 0.6) is 0 Å². The van der Waals surface area contributed by atoms with Crippen LogP contribution in [0.25, 0.3) is 0 Å². The number of carbonyl (C=O) groups is 1. The molecule has 2 rings (SSSR count). The van der Waals surface area contributed by atoms with E-state index in [0.29, 0.717) is 28.1 Å². The van der Waals surface area contributed by atoms with Gasteiger partial charge < -0.3 is 5.32 Å². The Balaban J connectivity index is 1.79. The number of hydrogen-bond donors (Lipinski definition) is 1. The SMILES string of the molecule is CS(=O)(=O)N(CC(=O)NCCSCc1ccc(Cl)c(Cl)c1)Cc1ccccc1F. The summed E-state index contributed by atoms with van der Waals surface area (Å²) >= 11 is 13.4. The van der Waals surface area contributed by atoms with E-state index in [1.807, 2.05) is 6.07 Å². The quantitative estimate of drug-likeness (QED) is 0.525. The molecule has 29 heavy (non-hydrogen) atoms. The van der Waals surface area contributed by atoms with E-state index in [2.05, 4.69) is 5.32 Å². The highest BCUT2D eigenvalue weighted by Gasteiger charge is 2.21. The van der Waals surface area contributed by atoms with Crippen molar-refractivity contribution in [3.63, 3.8) is 0 Å². The second-order valence-electron chi connectivity index (χ2n) is 6.27. The van der Waals surface area contributed by atoms with E-state index in [-0.39, 0.29) is 18.7 Å². The molecule has 0 aliphatic heterocycles. The van der Waals surface area contributed by atoms with E-state index >= 15 is 0 Å². The topological polar surface area (TPSA) is 66.5 Å². The fourth-order valence-corrected chi connectivity index (χ4v) is 4.26. The number of benzene rings is 2. The third kappa shape index (κ3) is 8.14. The molecule has 5 nitrogen and oxygen atoms in total. The normalized spacial score (nSPS) is 11.6. The Bertz CT molecular complexity index is 958. The molecule has 0 aromatic heterocycles. The van der Waals surface area contributed by atoms with Crippen LogP contribution >= 0.6 is 35.0 Å². The van der Waals surface area contributed by atoms with Gasteiger partial charge in [-0.3, -0.25) is 4.79 Å². The van der Waals surface area contributed by atoms with Crippen molar-refractivity contribution in [2.24, 2.45) is 0 Å². The lowest BCUT2D eigenvalue weighted by molar-refractivity contribution is -0.121. The maximum Gasteiger partial charge on any atom is 0.235 e. The molecule has 158 valence electrons. The Kier molecular flexibility index (Phi) is 9.23. The Labute approximate surface area is 184 Å². The smallest absolute Gasteiger partial charge is 0.235 e. The van der Waals surface area contributed by atoms with Gasteiger partial charge in [0.2, 0.25) is 15.9 Å². The lowest BCUT2D eigenvalue weighted by Crippen LogP contribution is -2.40. The van der Waals surface area contributed by atoms with E-state index in [1.54, 1.807) is 30.0 Å². The van der Waals surface area contributed by atoms with E-state index in [4.69, 9.17) is 23.2 Å². The molecule has 0 bridgehead atoms. The van der Waals surface area contributed by atoms with Crippen molar-refractivity contribution in [1.29, 1.82) is 0 Å². The van der Waals surface area contributed by atoms with Crippen molar-refractivity contribution in [2.45, 2.75) is 12.3 Å². The number of sulfonamides is 1. The highest BCUT2D eigenvalue weighted by molar-refractivity contribution is 7.98. The molecule has 1 N–H and O–H groups in total. The summed E-state index contributed by atoms with van der Waals surface area (Å²) in [6.07, 6.45) is 0.994. The van der Waals surface area contributed by atoms with Gasteiger partial charge in [0.05, 0.1) is 22.8 Å². The third-order valence-corrected chi connectivity index (χ3v) is 6.88. The lowest BCUT2D eigenvalue weighted by atomic mass is 10.2. The standard InChI is InChI=1S/C19H21Cl2FN2O3S2/c1-29(26,27)24(11-15-4-2-3-5-18(15)22)12-19(25)23-8-9-28-13-14-6-7-16(20)17(21)10-14/h2-7,10H,8-9,11-13H2,1H3,(H,23,25). The number of carbonyl (C=O) groups excluding carboxylic acids is 1. The summed E-state index contributed by atoms with van der Waals surface area (Å²) in [4.78, 5) is 12.1. The average molecular weight is 479 g/mol. The molecular formula is C19H21Cl2FN2O3S2. The molecule has 0 spiro atoms. The molecule has 0 aliphatic carbocycles. The Morgan fingerprint density at radius 1 is 1.17 bits per heavy atom. The van der Waals surface area contributed by atoms with Crippen molar-refractivity contribution >= 4 is 50.9 Å². The zero-order valence-corrected chi connectivity index (χ0v) is 18.8. The minimum atomic E-state index is -3.68. The van der Waals surface area contributed by atoms with Crippen LogP contribution in [-0.2, 0) is 27.1 Å². The fourth-order valence-electron chi connectivity index (χ4n) is 2.41. The number of amides is 1. The van der Waals surface area contributed by atoms with E-state index in [1.165, 1.54) is 18.2 Å². The minimum absolute atomic E-state index is 0.203. The van der Waals surface area contributed by atoms with Crippen LogP contribution in [0.3, 0.4) is 0 Å². The lowest BCUT2D eigenvalue weighted by Gasteiger charge is -2.20. The molecular weight excluding hydrogens is 458 g/mol. The predicted molar refractivity (Wildman–Crippen MR) is 117 cm³/mol. The summed E-state index contributed by atoms with van der Waals surface area (Å²) in [6, 6.07) is 11.3. The average Bonchev–Trinajstić information content (AvgIpc) is 2.64. The number of nitrogens with one attached hydrogen (secondary N) is 1. The molecule has 1 amide bonds. The maximum absolute atomic E-state index is 13.8. The van der Waals surface area contributed by atoms with Gasteiger partial charge in [-0.1, -0.05) is 47.5 Å². The third-order valence-electron chi connectivity index (χ3n) is 3.91. The Hall–Kier alpha value is -1.32. The number of nitrogens with zero attached hydrogens (tertiary/aromatic N) is 1. The monoisotopic (exact) mass is 478 g/mol. The van der Waals surface area contributed by atoms with E-state index < -0.39 is 21.7 Å². The van der Waals surface area contributed by atoms with Crippen LogP contribution < -0.4 is 5.32 Å². The molecule has 0 heterocycles. The second-order valence-corrected chi connectivity index (χ2v) is 10.2. The van der Waals surface area contributed by atoms with E-state index in [0.717, 1.165) is 16.1 Å². The number of rotatable bonds is 10. The zero-order chi connectivity index (χ0) is 21.4. The molecule has 0 fully saturated rings. The van der Waals surface area contributed by atoms with Crippen molar-refractivity contribution < 1.29 is 17.6 Å². The molecule has 0 saturated carbocycles. The van der Waals surface area contributed by atoms with Crippen LogP contribution in [0, 0.1) is 5.82 Å². The molecule has 0 atom stereocenters. The van der Waals surface area contributed by atoms with E-state index in [9.17, 15) is 17.6 Å². The van der Waals surface area contributed by atoms with Crippen LogP contribution in [-0.4, -0.2) is 43.7 Å². The Morgan fingerprint density at radius 3 is 2.55 bits per heavy atom. The van der Waals surface area contributed by atoms with Crippen LogP contribution in [0.15, 0.2) is 42.5 Å². The summed E-state index contributed by atoms with van der Waals surface area (Å²) in [6.45, 7) is -0.197. The fraction of sp³-hybridized carbons (Fsp3) is 0.316.